The van der Waals surface area contributed by atoms with E-state index in [2.05, 4.69) is 21.3 Å². The molecule has 1 heterocycles. The molecule has 0 aliphatic carbocycles. The van der Waals surface area contributed by atoms with Crippen LogP contribution in [0.15, 0.2) is 0 Å². The Hall–Kier alpha value is -4.28. The van der Waals surface area contributed by atoms with Gasteiger partial charge in [0.2, 0.25) is 29.5 Å². The second kappa shape index (κ2) is 18.5. The first kappa shape index (κ1) is 38.7. The Morgan fingerprint density at radius 3 is 1.89 bits per heavy atom. The topological polar surface area (TPSA) is 275 Å². The number of rotatable bonds is 19. The van der Waals surface area contributed by atoms with Gasteiger partial charge >= 0.3 is 17.9 Å². The molecule has 0 unspecified atom stereocenters. The number of likely N-dealkylation sites (tertiary alicyclic amines) is 1. The zero-order valence-corrected chi connectivity index (χ0v) is 26.0. The summed E-state index contributed by atoms with van der Waals surface area (Å²) in [6.45, 7) is 6.26. The van der Waals surface area contributed by atoms with Crippen LogP contribution in [-0.2, 0) is 38.4 Å². The lowest BCUT2D eigenvalue weighted by Gasteiger charge is -2.31. The second-order valence-corrected chi connectivity index (χ2v) is 11.2. The molecule has 1 fully saturated rings. The Labute approximate surface area is 261 Å². The fourth-order valence-electron chi connectivity index (χ4n) is 4.74. The molecule has 45 heavy (non-hydrogen) atoms. The molecular formula is C28H46N6O11. The van der Waals surface area contributed by atoms with Crippen molar-refractivity contribution in [1.82, 2.24) is 26.2 Å². The third kappa shape index (κ3) is 12.3. The van der Waals surface area contributed by atoms with Crippen LogP contribution in [0.3, 0.4) is 0 Å². The van der Waals surface area contributed by atoms with Crippen molar-refractivity contribution in [3.05, 3.63) is 0 Å². The van der Waals surface area contributed by atoms with E-state index in [0.29, 0.717) is 19.3 Å². The van der Waals surface area contributed by atoms with Crippen LogP contribution in [0.2, 0.25) is 0 Å². The lowest BCUT2D eigenvalue weighted by molar-refractivity contribution is -0.143. The van der Waals surface area contributed by atoms with Crippen LogP contribution < -0.4 is 27.0 Å². The number of carbonyl (C=O) groups excluding carboxylic acids is 5. The molecule has 1 aliphatic heterocycles. The fraction of sp³-hybridized carbons (Fsp3) is 0.714. The molecule has 7 atom stereocenters. The Bertz CT molecular complexity index is 1120. The van der Waals surface area contributed by atoms with E-state index in [1.165, 1.54) is 4.90 Å². The predicted octanol–water partition coefficient (Wildman–Crippen LogP) is -1.61. The van der Waals surface area contributed by atoms with E-state index in [9.17, 15) is 43.5 Å². The third-order valence-electron chi connectivity index (χ3n) is 7.84. The summed E-state index contributed by atoms with van der Waals surface area (Å²) < 4.78 is 0. The van der Waals surface area contributed by atoms with Gasteiger partial charge in [-0.05, 0) is 31.1 Å². The van der Waals surface area contributed by atoms with Gasteiger partial charge in [0, 0.05) is 13.0 Å². The Morgan fingerprint density at radius 1 is 0.800 bits per heavy atom. The van der Waals surface area contributed by atoms with Crippen molar-refractivity contribution in [2.75, 3.05) is 13.1 Å². The van der Waals surface area contributed by atoms with Crippen LogP contribution in [0.25, 0.3) is 0 Å². The number of hydrogen-bond acceptors (Lipinski definition) is 9. The van der Waals surface area contributed by atoms with Gasteiger partial charge in [-0.15, -0.1) is 0 Å². The van der Waals surface area contributed by atoms with Crippen molar-refractivity contribution < 1.29 is 53.7 Å². The highest BCUT2D eigenvalue weighted by molar-refractivity contribution is 5.97. The average Bonchev–Trinajstić information content (AvgIpc) is 3.48. The molecule has 0 aromatic rings. The summed E-state index contributed by atoms with van der Waals surface area (Å²) in [5.74, 6) is -8.79. The van der Waals surface area contributed by atoms with Crippen molar-refractivity contribution in [3.8, 4) is 0 Å². The van der Waals surface area contributed by atoms with E-state index in [1.54, 1.807) is 27.7 Å². The highest BCUT2D eigenvalue weighted by Gasteiger charge is 2.39. The number of carbonyl (C=O) groups is 8. The van der Waals surface area contributed by atoms with Gasteiger partial charge in [0.1, 0.15) is 30.7 Å². The molecule has 0 radical (unpaired) electrons. The van der Waals surface area contributed by atoms with Gasteiger partial charge in [0.25, 0.3) is 0 Å². The van der Waals surface area contributed by atoms with Crippen molar-refractivity contribution in [3.63, 3.8) is 0 Å². The molecular weight excluding hydrogens is 596 g/mol. The number of aliphatic carboxylic acids is 3. The van der Waals surface area contributed by atoms with E-state index >= 15 is 0 Å². The minimum atomic E-state index is -1.66. The summed E-state index contributed by atoms with van der Waals surface area (Å²) in [4.78, 5) is 100. The quantitative estimate of drug-likeness (QED) is 0.0790. The highest BCUT2D eigenvalue weighted by atomic mass is 16.4. The van der Waals surface area contributed by atoms with Gasteiger partial charge in [0.15, 0.2) is 0 Å². The summed E-state index contributed by atoms with van der Waals surface area (Å²) >= 11 is 0. The minimum absolute atomic E-state index is 0.122. The van der Waals surface area contributed by atoms with E-state index in [1.807, 2.05) is 0 Å². The summed E-state index contributed by atoms with van der Waals surface area (Å²) in [6.07, 6.45) is 0.210. The molecule has 5 amide bonds. The number of nitrogens with two attached hydrogens (primary N) is 1. The molecule has 17 nitrogen and oxygen atoms in total. The average molecular weight is 643 g/mol. The van der Waals surface area contributed by atoms with Gasteiger partial charge in [-0.25, -0.2) is 0 Å². The smallest absolute Gasteiger partial charge is 0.322 e. The maximum Gasteiger partial charge on any atom is 0.322 e. The van der Waals surface area contributed by atoms with Crippen LogP contribution >= 0.6 is 0 Å². The highest BCUT2D eigenvalue weighted by Crippen LogP contribution is 2.20. The number of nitrogens with one attached hydrogen (secondary N) is 4. The minimum Gasteiger partial charge on any atom is -0.481 e. The molecule has 0 aromatic carbocycles. The number of nitrogens with zero attached hydrogens (tertiary/aromatic N) is 1. The zero-order chi connectivity index (χ0) is 34.4. The molecule has 0 spiro atoms. The zero-order valence-electron chi connectivity index (χ0n) is 26.0. The van der Waals surface area contributed by atoms with Crippen LogP contribution in [0, 0.1) is 11.8 Å². The van der Waals surface area contributed by atoms with Gasteiger partial charge in [-0.2, -0.15) is 0 Å². The molecule has 1 rings (SSSR count). The second-order valence-electron chi connectivity index (χ2n) is 11.2. The first-order chi connectivity index (χ1) is 21.0. The third-order valence-corrected chi connectivity index (χ3v) is 7.84. The van der Waals surface area contributed by atoms with Crippen LogP contribution in [0.4, 0.5) is 0 Å². The Morgan fingerprint density at radius 2 is 1.38 bits per heavy atom. The maximum absolute atomic E-state index is 13.5. The number of hydrogen-bond donors (Lipinski definition) is 8. The summed E-state index contributed by atoms with van der Waals surface area (Å²) in [7, 11) is 0. The standard InChI is InChI=1S/C28H46N6O11/c1-5-14(3)22(26(43)30-13-21(39)40)32-24(41)17(12-20(37)38)31-27(44)23(15(4)6-2)33-25(42)18-8-7-11-34(18)28(45)16(29)9-10-19(35)36/h14-18,22-23H,5-13,29H2,1-4H3,(H,30,43)(H,31,44)(H,32,41)(H,33,42)(H,35,36)(H,37,38)(H,39,40)/t14-,15-,16-,17-,18-,22-,23-/m0/s1. The van der Waals surface area contributed by atoms with E-state index < -0.39 is 102 Å². The summed E-state index contributed by atoms with van der Waals surface area (Å²) in [5.41, 5.74) is 5.87. The molecule has 1 aliphatic rings. The van der Waals surface area contributed by atoms with E-state index in [4.69, 9.17) is 15.9 Å². The summed E-state index contributed by atoms with van der Waals surface area (Å²) in [5, 5.41) is 36.8. The lowest BCUT2D eigenvalue weighted by Crippen LogP contribution is -2.60. The molecule has 0 aromatic heterocycles. The largest absolute Gasteiger partial charge is 0.481 e. The van der Waals surface area contributed by atoms with Gasteiger partial charge in [-0.3, -0.25) is 38.4 Å². The lowest BCUT2D eigenvalue weighted by atomic mass is 9.96. The van der Waals surface area contributed by atoms with Gasteiger partial charge in [0.05, 0.1) is 12.5 Å². The number of carboxylic acid groups (broad SMARTS) is 3. The van der Waals surface area contributed by atoms with Crippen molar-refractivity contribution >= 4 is 47.4 Å². The summed E-state index contributed by atoms with van der Waals surface area (Å²) in [6, 6.07) is -6.24. The van der Waals surface area contributed by atoms with Crippen LogP contribution in [0.1, 0.15) is 72.6 Å². The van der Waals surface area contributed by atoms with Gasteiger partial charge in [-0.1, -0.05) is 40.5 Å². The van der Waals surface area contributed by atoms with Crippen molar-refractivity contribution in [2.24, 2.45) is 17.6 Å². The maximum atomic E-state index is 13.5. The molecule has 9 N–H and O–H groups in total. The van der Waals surface area contributed by atoms with Crippen molar-refractivity contribution in [1.29, 1.82) is 0 Å². The first-order valence-electron chi connectivity index (χ1n) is 14.9. The van der Waals surface area contributed by atoms with E-state index in [0.717, 1.165) is 0 Å². The molecule has 1 saturated heterocycles. The monoisotopic (exact) mass is 642 g/mol. The van der Waals surface area contributed by atoms with Crippen molar-refractivity contribution in [2.45, 2.75) is 103 Å². The SMILES string of the molecule is CC[C@H](C)[C@H](NC(=O)[C@H](CC(=O)O)NC(=O)[C@@H](NC(=O)[C@@H]1CCCN1C(=O)[C@@H](N)CCC(=O)O)[C@@H](C)CC)C(=O)NCC(=O)O. The Balaban J connectivity index is 3.13. The number of amides is 5. The first-order valence-corrected chi connectivity index (χ1v) is 14.9. The normalized spacial score (nSPS) is 18.3. The number of carboxylic acids is 3. The van der Waals surface area contributed by atoms with Crippen LogP contribution in [-0.4, -0.2) is 111 Å². The fourth-order valence-corrected chi connectivity index (χ4v) is 4.74. The van der Waals surface area contributed by atoms with Gasteiger partial charge < -0.3 is 47.2 Å². The predicted molar refractivity (Wildman–Crippen MR) is 157 cm³/mol. The molecule has 0 saturated carbocycles. The van der Waals surface area contributed by atoms with E-state index in [-0.39, 0.29) is 25.8 Å². The molecule has 0 bridgehead atoms. The molecule has 17 heteroatoms. The molecule has 254 valence electrons. The Kier molecular flexibility index (Phi) is 15.9. The van der Waals surface area contributed by atoms with Crippen LogP contribution in [0.5, 0.6) is 0 Å².